The van der Waals surface area contributed by atoms with E-state index in [2.05, 4.69) is 30.4 Å². The van der Waals surface area contributed by atoms with Crippen molar-refractivity contribution in [2.24, 2.45) is 0 Å². The number of pyridine rings is 2. The molecule has 11 nitrogen and oxygen atoms in total. The molecule has 0 spiro atoms. The number of hydrogen-bond acceptors (Lipinski definition) is 9. The number of halogens is 2. The van der Waals surface area contributed by atoms with Crippen LogP contribution in [0, 0.1) is 5.82 Å². The molecule has 3 aromatic rings. The van der Waals surface area contributed by atoms with Crippen LogP contribution >= 0.6 is 11.6 Å². The number of rotatable bonds is 11. The predicted octanol–water partition coefficient (Wildman–Crippen LogP) is 2.91. The van der Waals surface area contributed by atoms with Gasteiger partial charge in [0.15, 0.2) is 5.75 Å². The van der Waals surface area contributed by atoms with Crippen LogP contribution in [0.1, 0.15) is 12.8 Å². The Bertz CT molecular complexity index is 1440. The van der Waals surface area contributed by atoms with Gasteiger partial charge < -0.3 is 35.2 Å². The van der Waals surface area contributed by atoms with Gasteiger partial charge in [0.2, 0.25) is 11.8 Å². The average Bonchev–Trinajstić information content (AvgIpc) is 3.03. The number of hydrogen-bond donors (Lipinski definition) is 3. The van der Waals surface area contributed by atoms with E-state index in [1.54, 1.807) is 24.5 Å². The van der Waals surface area contributed by atoms with E-state index < -0.39 is 5.82 Å². The van der Waals surface area contributed by atoms with Crippen molar-refractivity contribution >= 4 is 40.6 Å². The van der Waals surface area contributed by atoms with Crippen LogP contribution in [0.5, 0.6) is 5.75 Å². The van der Waals surface area contributed by atoms with Gasteiger partial charge in [0.1, 0.15) is 18.2 Å². The number of nitrogens with zero attached hydrogens (tertiary/aromatic N) is 5. The summed E-state index contributed by atoms with van der Waals surface area (Å²) < 4.78 is 20.4. The number of aliphatic hydroxyl groups excluding tert-OH is 1. The highest BCUT2D eigenvalue weighted by atomic mass is 35.5. The number of piperazine rings is 1. The molecule has 0 bridgehead atoms. The molecule has 228 valence electrons. The highest BCUT2D eigenvalue weighted by Gasteiger charge is 2.23. The number of carbonyl (C=O) groups excluding carboxylic acids is 2. The predicted molar refractivity (Wildman–Crippen MR) is 162 cm³/mol. The fourth-order valence-electron chi connectivity index (χ4n) is 5.13. The highest BCUT2D eigenvalue weighted by molar-refractivity contribution is 6.30. The number of aromatic nitrogens is 2. The standard InChI is InChI=1S/C30H35ClFN7O4/c31-21-1-2-24(32)23(17-21)25-19-26-27(20-35-25)43-16-14-39(26)22-3-6-33-28(18-22)36-30(42)5-9-38-12-10-37(11-13-38)8-4-29(41)34-7-15-40/h1-3,6,17-20,40H,4-5,7-16H2,(H,34,41)(H,33,36,42). The summed E-state index contributed by atoms with van der Waals surface area (Å²) in [6.45, 7) is 5.83. The lowest BCUT2D eigenvalue weighted by molar-refractivity contribution is -0.121. The van der Waals surface area contributed by atoms with Gasteiger partial charge in [-0.25, -0.2) is 9.37 Å². The summed E-state index contributed by atoms with van der Waals surface area (Å²) in [7, 11) is 0. The fourth-order valence-corrected chi connectivity index (χ4v) is 5.30. The Morgan fingerprint density at radius 2 is 1.72 bits per heavy atom. The molecule has 0 saturated carbocycles. The number of anilines is 3. The van der Waals surface area contributed by atoms with Crippen molar-refractivity contribution in [2.45, 2.75) is 12.8 Å². The van der Waals surface area contributed by atoms with Crippen molar-refractivity contribution in [1.82, 2.24) is 25.1 Å². The molecular formula is C30H35ClFN7O4. The van der Waals surface area contributed by atoms with E-state index in [4.69, 9.17) is 21.4 Å². The maximum Gasteiger partial charge on any atom is 0.226 e. The Balaban J connectivity index is 1.15. The molecule has 0 unspecified atom stereocenters. The first-order chi connectivity index (χ1) is 20.9. The summed E-state index contributed by atoms with van der Waals surface area (Å²) in [6.07, 6.45) is 3.96. The van der Waals surface area contributed by atoms with Crippen molar-refractivity contribution in [3.8, 4) is 17.0 Å². The molecule has 4 heterocycles. The van der Waals surface area contributed by atoms with Crippen LogP contribution in [0.2, 0.25) is 5.02 Å². The summed E-state index contributed by atoms with van der Waals surface area (Å²) in [6, 6.07) is 9.78. The Hall–Kier alpha value is -3.84. The van der Waals surface area contributed by atoms with Crippen molar-refractivity contribution < 1.29 is 23.8 Å². The van der Waals surface area contributed by atoms with Gasteiger partial charge in [-0.15, -0.1) is 0 Å². The first-order valence-corrected chi connectivity index (χ1v) is 14.7. The van der Waals surface area contributed by atoms with E-state index in [9.17, 15) is 14.0 Å². The molecular weight excluding hydrogens is 577 g/mol. The van der Waals surface area contributed by atoms with Crippen LogP contribution in [0.4, 0.5) is 21.6 Å². The largest absolute Gasteiger partial charge is 0.488 e. The summed E-state index contributed by atoms with van der Waals surface area (Å²) in [5, 5.41) is 14.8. The first-order valence-electron chi connectivity index (χ1n) is 14.3. The quantitative estimate of drug-likeness (QED) is 0.300. The number of fused-ring (bicyclic) bond motifs is 1. The van der Waals surface area contributed by atoms with Crippen LogP contribution in [-0.4, -0.2) is 102 Å². The molecule has 0 radical (unpaired) electrons. The molecule has 2 aromatic heterocycles. The van der Waals surface area contributed by atoms with Crippen LogP contribution < -0.4 is 20.3 Å². The Morgan fingerprint density at radius 3 is 2.47 bits per heavy atom. The van der Waals surface area contributed by atoms with Crippen molar-refractivity contribution in [3.63, 3.8) is 0 Å². The lowest BCUT2D eigenvalue weighted by Crippen LogP contribution is -2.47. The average molecular weight is 612 g/mol. The van der Waals surface area contributed by atoms with Gasteiger partial charge in [0.05, 0.1) is 30.7 Å². The third-order valence-electron chi connectivity index (χ3n) is 7.45. The number of carbonyl (C=O) groups is 2. The molecule has 2 aliphatic heterocycles. The lowest BCUT2D eigenvalue weighted by atomic mass is 10.1. The maximum atomic E-state index is 14.6. The van der Waals surface area contributed by atoms with Crippen LogP contribution in [0.25, 0.3) is 11.3 Å². The smallest absolute Gasteiger partial charge is 0.226 e. The number of amides is 2. The summed E-state index contributed by atoms with van der Waals surface area (Å²) in [5.41, 5.74) is 2.26. The topological polar surface area (TPSA) is 123 Å². The molecule has 1 aromatic carbocycles. The third-order valence-corrected chi connectivity index (χ3v) is 7.68. The normalized spacial score (nSPS) is 15.5. The Morgan fingerprint density at radius 1 is 0.977 bits per heavy atom. The van der Waals surface area contributed by atoms with Gasteiger partial charge in [-0.3, -0.25) is 14.6 Å². The van der Waals surface area contributed by atoms with Gasteiger partial charge in [0, 0.05) is 87.2 Å². The minimum Gasteiger partial charge on any atom is -0.488 e. The SMILES string of the molecule is O=C(CCN1CCN(CCC(=O)Nc2cc(N3CCOc4cnc(-c5cc(Cl)ccc5F)cc43)ccn2)CC1)NCCO. The molecule has 0 aliphatic carbocycles. The number of nitrogens with one attached hydrogen (secondary N) is 2. The zero-order chi connectivity index (χ0) is 30.2. The van der Waals surface area contributed by atoms with E-state index in [0.717, 1.165) is 37.6 Å². The minimum absolute atomic E-state index is 0.0571. The minimum atomic E-state index is -0.421. The summed E-state index contributed by atoms with van der Waals surface area (Å²) in [4.78, 5) is 39.8. The van der Waals surface area contributed by atoms with E-state index >= 15 is 0 Å². The molecule has 43 heavy (non-hydrogen) atoms. The second-order valence-corrected chi connectivity index (χ2v) is 10.8. The van der Waals surface area contributed by atoms with Crippen molar-refractivity contribution in [3.05, 3.63) is 59.6 Å². The van der Waals surface area contributed by atoms with Gasteiger partial charge in [0.25, 0.3) is 0 Å². The number of ether oxygens (including phenoxy) is 1. The van der Waals surface area contributed by atoms with Gasteiger partial charge in [-0.2, -0.15) is 0 Å². The van der Waals surface area contributed by atoms with Crippen molar-refractivity contribution in [1.29, 1.82) is 0 Å². The third kappa shape index (κ3) is 8.17. The van der Waals surface area contributed by atoms with E-state index in [-0.39, 0.29) is 25.0 Å². The molecule has 2 amide bonds. The van der Waals surface area contributed by atoms with E-state index in [1.165, 1.54) is 12.1 Å². The number of aliphatic hydroxyl groups is 1. The van der Waals surface area contributed by atoms with Crippen LogP contribution in [0.3, 0.4) is 0 Å². The molecule has 3 N–H and O–H groups in total. The van der Waals surface area contributed by atoms with Crippen LogP contribution in [-0.2, 0) is 9.59 Å². The van der Waals surface area contributed by atoms with Gasteiger partial charge in [-0.1, -0.05) is 11.6 Å². The second-order valence-electron chi connectivity index (χ2n) is 10.4. The van der Waals surface area contributed by atoms with Gasteiger partial charge >= 0.3 is 0 Å². The molecule has 2 aliphatic rings. The highest BCUT2D eigenvalue weighted by Crippen LogP contribution is 2.39. The van der Waals surface area contributed by atoms with Crippen LogP contribution in [0.15, 0.2) is 48.8 Å². The Labute approximate surface area is 254 Å². The molecule has 13 heteroatoms. The summed E-state index contributed by atoms with van der Waals surface area (Å²) >= 11 is 6.11. The van der Waals surface area contributed by atoms with Gasteiger partial charge in [-0.05, 0) is 30.3 Å². The Kier molecular flexibility index (Phi) is 10.4. The maximum absolute atomic E-state index is 14.6. The van der Waals surface area contributed by atoms with Crippen molar-refractivity contribution in [2.75, 3.05) is 75.8 Å². The fraction of sp³-hybridized carbons (Fsp3) is 0.400. The first kappa shape index (κ1) is 30.6. The summed E-state index contributed by atoms with van der Waals surface area (Å²) in [5.74, 6) is 0.409. The number of benzene rings is 1. The monoisotopic (exact) mass is 611 g/mol. The molecule has 1 saturated heterocycles. The second kappa shape index (κ2) is 14.6. The van der Waals surface area contributed by atoms with E-state index in [0.29, 0.717) is 66.9 Å². The van der Waals surface area contributed by atoms with E-state index in [1.807, 2.05) is 17.0 Å². The zero-order valence-corrected chi connectivity index (χ0v) is 24.5. The molecule has 1 fully saturated rings. The lowest BCUT2D eigenvalue weighted by Gasteiger charge is -2.34. The molecule has 0 atom stereocenters. The zero-order valence-electron chi connectivity index (χ0n) is 23.8. The molecule has 5 rings (SSSR count).